The maximum absolute atomic E-state index is 13.1. The maximum atomic E-state index is 13.1. The van der Waals surface area contributed by atoms with Crippen molar-refractivity contribution < 1.29 is 19.1 Å². The lowest BCUT2D eigenvalue weighted by Gasteiger charge is -2.28. The van der Waals surface area contributed by atoms with Crippen molar-refractivity contribution in [2.45, 2.75) is 32.2 Å². The van der Waals surface area contributed by atoms with E-state index in [9.17, 15) is 14.4 Å². The van der Waals surface area contributed by atoms with Crippen molar-refractivity contribution in [3.05, 3.63) is 71.8 Å². The van der Waals surface area contributed by atoms with E-state index in [1.807, 2.05) is 55.5 Å². The number of hydrogen-bond acceptors (Lipinski definition) is 4. The van der Waals surface area contributed by atoms with Crippen LogP contribution >= 0.6 is 0 Å². The number of nitrogens with one attached hydrogen (secondary N) is 1. The molecule has 2 bridgehead atoms. The number of benzene rings is 2. The minimum atomic E-state index is -0.448. The third kappa shape index (κ3) is 4.16. The molecule has 4 rings (SSSR count). The van der Waals surface area contributed by atoms with Gasteiger partial charge in [-0.05, 0) is 43.6 Å². The molecular weight excluding hydrogens is 378 g/mol. The number of carbonyl (C=O) groups is 3. The fourth-order valence-corrected chi connectivity index (χ4v) is 5.14. The van der Waals surface area contributed by atoms with Gasteiger partial charge in [-0.25, -0.2) is 0 Å². The van der Waals surface area contributed by atoms with Gasteiger partial charge in [0.1, 0.15) is 0 Å². The number of esters is 1. The van der Waals surface area contributed by atoms with Gasteiger partial charge in [-0.3, -0.25) is 14.4 Å². The van der Waals surface area contributed by atoms with Crippen LogP contribution in [-0.2, 0) is 14.3 Å². The SMILES string of the molecule is C[C@H](NC(=O)COC(=O)[C@H]1[C@H]2CC[C@@H](C2)[C@H]1C(=O)c1ccccc1)c1ccccc1. The van der Waals surface area contributed by atoms with Gasteiger partial charge >= 0.3 is 5.97 Å². The predicted molar refractivity (Wildman–Crippen MR) is 113 cm³/mol. The molecule has 0 aliphatic heterocycles. The van der Waals surface area contributed by atoms with Crippen molar-refractivity contribution in [2.24, 2.45) is 23.7 Å². The molecule has 2 aromatic rings. The largest absolute Gasteiger partial charge is 0.455 e. The van der Waals surface area contributed by atoms with Crippen LogP contribution < -0.4 is 5.32 Å². The van der Waals surface area contributed by atoms with Crippen molar-refractivity contribution in [2.75, 3.05) is 6.61 Å². The highest BCUT2D eigenvalue weighted by molar-refractivity contribution is 6.01. The molecule has 2 aromatic carbocycles. The normalized spacial score (nSPS) is 25.5. The number of hydrogen-bond donors (Lipinski definition) is 1. The Morgan fingerprint density at radius 3 is 2.20 bits per heavy atom. The third-order valence-electron chi connectivity index (χ3n) is 6.57. The van der Waals surface area contributed by atoms with Gasteiger partial charge in [0, 0.05) is 11.5 Å². The minimum Gasteiger partial charge on any atom is -0.455 e. The second-order valence-electron chi connectivity index (χ2n) is 8.42. The first-order valence-electron chi connectivity index (χ1n) is 10.6. The Bertz CT molecular complexity index is 911. The fourth-order valence-electron chi connectivity index (χ4n) is 5.14. The van der Waals surface area contributed by atoms with Gasteiger partial charge in [-0.2, -0.15) is 0 Å². The van der Waals surface area contributed by atoms with Crippen molar-refractivity contribution >= 4 is 17.7 Å². The Balaban J connectivity index is 1.37. The molecule has 0 aromatic heterocycles. The Morgan fingerprint density at radius 2 is 1.53 bits per heavy atom. The second kappa shape index (κ2) is 8.82. The van der Waals surface area contributed by atoms with Crippen molar-refractivity contribution in [3.8, 4) is 0 Å². The summed E-state index contributed by atoms with van der Waals surface area (Å²) in [6, 6.07) is 18.6. The highest BCUT2D eigenvalue weighted by Crippen LogP contribution is 2.53. The summed E-state index contributed by atoms with van der Waals surface area (Å²) in [7, 11) is 0. The van der Waals surface area contributed by atoms with E-state index in [1.54, 1.807) is 12.1 Å². The summed E-state index contributed by atoms with van der Waals surface area (Å²) in [5, 5.41) is 2.85. The summed E-state index contributed by atoms with van der Waals surface area (Å²) in [5.74, 6) is -1.13. The lowest BCUT2D eigenvalue weighted by molar-refractivity contribution is -0.155. The smallest absolute Gasteiger partial charge is 0.310 e. The van der Waals surface area contributed by atoms with Gasteiger partial charge in [0.25, 0.3) is 5.91 Å². The molecule has 0 radical (unpaired) electrons. The Labute approximate surface area is 176 Å². The Hall–Kier alpha value is -2.95. The van der Waals surface area contributed by atoms with Crippen LogP contribution in [0, 0.1) is 23.7 Å². The predicted octanol–water partition coefficient (Wildman–Crippen LogP) is 3.95. The Kier molecular flexibility index (Phi) is 5.98. The monoisotopic (exact) mass is 405 g/mol. The number of fused-ring (bicyclic) bond motifs is 2. The van der Waals surface area contributed by atoms with Crippen molar-refractivity contribution in [1.82, 2.24) is 5.32 Å². The van der Waals surface area contributed by atoms with Gasteiger partial charge in [0.15, 0.2) is 12.4 Å². The van der Waals surface area contributed by atoms with E-state index < -0.39 is 11.9 Å². The van der Waals surface area contributed by atoms with Crippen LogP contribution in [0.5, 0.6) is 0 Å². The van der Waals surface area contributed by atoms with Gasteiger partial charge < -0.3 is 10.1 Å². The van der Waals surface area contributed by atoms with Crippen LogP contribution in [0.15, 0.2) is 60.7 Å². The maximum Gasteiger partial charge on any atom is 0.310 e. The summed E-state index contributed by atoms with van der Waals surface area (Å²) in [4.78, 5) is 38.3. The Morgan fingerprint density at radius 1 is 0.933 bits per heavy atom. The molecule has 2 saturated carbocycles. The zero-order valence-electron chi connectivity index (χ0n) is 17.1. The molecule has 2 aliphatic carbocycles. The van der Waals surface area contributed by atoms with Gasteiger partial charge in [0.2, 0.25) is 0 Å². The average Bonchev–Trinajstić information content (AvgIpc) is 3.40. The minimum absolute atomic E-state index is 0.0203. The molecule has 0 spiro atoms. The van der Waals surface area contributed by atoms with Crippen LogP contribution in [0.4, 0.5) is 0 Å². The molecule has 2 fully saturated rings. The second-order valence-corrected chi connectivity index (χ2v) is 8.42. The number of amides is 1. The van der Waals surface area contributed by atoms with Crippen LogP contribution in [0.3, 0.4) is 0 Å². The summed E-state index contributed by atoms with van der Waals surface area (Å²) in [6.07, 6.45) is 2.81. The van der Waals surface area contributed by atoms with Crippen LogP contribution in [0.2, 0.25) is 0 Å². The number of rotatable bonds is 7. The summed E-state index contributed by atoms with van der Waals surface area (Å²) < 4.78 is 5.39. The lowest BCUT2D eigenvalue weighted by Crippen LogP contribution is -2.38. The van der Waals surface area contributed by atoms with Crippen molar-refractivity contribution in [3.63, 3.8) is 0 Å². The standard InChI is InChI=1S/C25H27NO4/c1-16(17-8-4-2-5-9-17)26-21(27)15-30-25(29)23-20-13-12-19(14-20)22(23)24(28)18-10-6-3-7-11-18/h2-11,16,19-20,22-23H,12-15H2,1H3,(H,26,27)/t16-,19-,20-,22+,23-/m0/s1. The zero-order valence-corrected chi connectivity index (χ0v) is 17.1. The molecule has 156 valence electrons. The molecule has 1 amide bonds. The molecule has 0 unspecified atom stereocenters. The number of carbonyl (C=O) groups excluding carboxylic acids is 3. The van der Waals surface area contributed by atoms with Crippen LogP contribution in [0.1, 0.15) is 48.1 Å². The highest BCUT2D eigenvalue weighted by Gasteiger charge is 2.54. The average molecular weight is 405 g/mol. The van der Waals surface area contributed by atoms with Crippen LogP contribution in [0.25, 0.3) is 0 Å². The van der Waals surface area contributed by atoms with E-state index in [0.717, 1.165) is 24.8 Å². The van der Waals surface area contributed by atoms with Crippen LogP contribution in [-0.4, -0.2) is 24.3 Å². The quantitative estimate of drug-likeness (QED) is 0.559. The van der Waals surface area contributed by atoms with E-state index in [1.165, 1.54) is 0 Å². The van der Waals surface area contributed by atoms with E-state index >= 15 is 0 Å². The van der Waals surface area contributed by atoms with E-state index in [0.29, 0.717) is 5.56 Å². The van der Waals surface area contributed by atoms with E-state index in [-0.39, 0.29) is 42.1 Å². The molecule has 0 heterocycles. The van der Waals surface area contributed by atoms with E-state index in [4.69, 9.17) is 4.74 Å². The van der Waals surface area contributed by atoms with Gasteiger partial charge in [-0.1, -0.05) is 60.7 Å². The molecule has 2 aliphatic rings. The van der Waals surface area contributed by atoms with E-state index in [2.05, 4.69) is 5.32 Å². The molecule has 1 N–H and O–H groups in total. The number of Topliss-reactive ketones (excluding diaryl/α,β-unsaturated/α-hetero) is 1. The summed E-state index contributed by atoms with van der Waals surface area (Å²) in [5.41, 5.74) is 1.63. The molecular formula is C25H27NO4. The first-order chi connectivity index (χ1) is 14.5. The summed E-state index contributed by atoms with van der Waals surface area (Å²) in [6.45, 7) is 1.57. The number of ketones is 1. The highest BCUT2D eigenvalue weighted by atomic mass is 16.5. The van der Waals surface area contributed by atoms with Gasteiger partial charge in [-0.15, -0.1) is 0 Å². The molecule has 5 atom stereocenters. The first kappa shape index (κ1) is 20.3. The molecule has 5 heteroatoms. The van der Waals surface area contributed by atoms with Gasteiger partial charge in [0.05, 0.1) is 12.0 Å². The summed E-state index contributed by atoms with van der Waals surface area (Å²) >= 11 is 0. The topological polar surface area (TPSA) is 72.5 Å². The fraction of sp³-hybridized carbons (Fsp3) is 0.400. The van der Waals surface area contributed by atoms with Crippen molar-refractivity contribution in [1.29, 1.82) is 0 Å². The third-order valence-corrected chi connectivity index (χ3v) is 6.57. The lowest BCUT2D eigenvalue weighted by atomic mass is 9.75. The zero-order chi connectivity index (χ0) is 21.1. The molecule has 0 saturated heterocycles. The number of ether oxygens (including phenoxy) is 1. The molecule has 5 nitrogen and oxygen atoms in total. The first-order valence-corrected chi connectivity index (χ1v) is 10.6. The molecule has 30 heavy (non-hydrogen) atoms.